The molecule has 0 spiro atoms. The van der Waals surface area contributed by atoms with E-state index in [1.54, 1.807) is 49.9 Å². The molecule has 0 saturated carbocycles. The van der Waals surface area contributed by atoms with Crippen LogP contribution < -0.4 is 14.8 Å². The van der Waals surface area contributed by atoms with Crippen molar-refractivity contribution >= 4 is 28.3 Å². The second-order valence-electron chi connectivity index (χ2n) is 5.89. The highest BCUT2D eigenvalue weighted by molar-refractivity contribution is 7.14. The highest BCUT2D eigenvalue weighted by Gasteiger charge is 2.14. The van der Waals surface area contributed by atoms with Gasteiger partial charge in [-0.3, -0.25) is 14.9 Å². The number of furan rings is 1. The second kappa shape index (κ2) is 9.74. The Bertz CT molecular complexity index is 967. The van der Waals surface area contributed by atoms with Crippen molar-refractivity contribution in [3.8, 4) is 22.8 Å². The molecule has 2 aromatic heterocycles. The van der Waals surface area contributed by atoms with Crippen LogP contribution in [0.4, 0.5) is 5.13 Å². The van der Waals surface area contributed by atoms with Gasteiger partial charge in [-0.25, -0.2) is 4.98 Å². The fourth-order valence-corrected chi connectivity index (χ4v) is 3.25. The van der Waals surface area contributed by atoms with E-state index in [4.69, 9.17) is 18.6 Å². The standard InChI is InChI=1S/C20H20N2O6S/c1-25-14-5-7-17(26-2)15(10-14)16-12-29-20(21-16)22-18(23)11-28-19(24)8-6-13-4-3-9-27-13/h3-5,7,9-10,12H,6,8,11H2,1-2H3,(H,21,22,23). The fourth-order valence-electron chi connectivity index (χ4n) is 2.52. The number of amides is 1. The average Bonchev–Trinajstić information content (AvgIpc) is 3.42. The molecule has 152 valence electrons. The highest BCUT2D eigenvalue weighted by atomic mass is 32.1. The first-order valence-electron chi connectivity index (χ1n) is 8.75. The topological polar surface area (TPSA) is 99.9 Å². The van der Waals surface area contributed by atoms with Gasteiger partial charge in [0.2, 0.25) is 0 Å². The number of esters is 1. The van der Waals surface area contributed by atoms with E-state index in [0.29, 0.717) is 34.5 Å². The molecule has 0 radical (unpaired) electrons. The van der Waals surface area contributed by atoms with Gasteiger partial charge in [-0.1, -0.05) is 0 Å². The summed E-state index contributed by atoms with van der Waals surface area (Å²) < 4.78 is 20.7. The number of rotatable bonds is 9. The van der Waals surface area contributed by atoms with E-state index in [1.165, 1.54) is 17.6 Å². The van der Waals surface area contributed by atoms with Gasteiger partial charge in [0.05, 0.1) is 32.6 Å². The zero-order chi connectivity index (χ0) is 20.6. The van der Waals surface area contributed by atoms with Crippen molar-refractivity contribution in [2.24, 2.45) is 0 Å². The van der Waals surface area contributed by atoms with Gasteiger partial charge in [0, 0.05) is 17.4 Å². The number of nitrogens with one attached hydrogen (secondary N) is 1. The summed E-state index contributed by atoms with van der Waals surface area (Å²) in [6, 6.07) is 8.90. The van der Waals surface area contributed by atoms with Gasteiger partial charge >= 0.3 is 5.97 Å². The van der Waals surface area contributed by atoms with Crippen molar-refractivity contribution in [3.63, 3.8) is 0 Å². The Morgan fingerprint density at radius 1 is 1.21 bits per heavy atom. The molecule has 0 saturated heterocycles. The maximum absolute atomic E-state index is 12.0. The number of ether oxygens (including phenoxy) is 3. The quantitative estimate of drug-likeness (QED) is 0.533. The average molecular weight is 416 g/mol. The van der Waals surface area contributed by atoms with Crippen molar-refractivity contribution < 1.29 is 28.2 Å². The van der Waals surface area contributed by atoms with Crippen LogP contribution in [0.15, 0.2) is 46.4 Å². The molecule has 0 aliphatic carbocycles. The molecule has 0 bridgehead atoms. The first kappa shape index (κ1) is 20.4. The zero-order valence-electron chi connectivity index (χ0n) is 16.0. The molecule has 3 aromatic rings. The lowest BCUT2D eigenvalue weighted by Gasteiger charge is -2.08. The minimum absolute atomic E-state index is 0.137. The third-order valence-corrected chi connectivity index (χ3v) is 4.71. The number of aromatic nitrogens is 1. The summed E-state index contributed by atoms with van der Waals surface area (Å²) in [6.07, 6.45) is 2.10. The van der Waals surface area contributed by atoms with E-state index in [9.17, 15) is 9.59 Å². The highest BCUT2D eigenvalue weighted by Crippen LogP contribution is 2.34. The number of thiazole rings is 1. The molecule has 0 atom stereocenters. The van der Waals surface area contributed by atoms with Crippen molar-refractivity contribution in [2.75, 3.05) is 26.1 Å². The Balaban J connectivity index is 1.53. The van der Waals surface area contributed by atoms with Gasteiger partial charge in [0.15, 0.2) is 11.7 Å². The Kier molecular flexibility index (Phi) is 6.85. The first-order valence-corrected chi connectivity index (χ1v) is 9.63. The van der Waals surface area contributed by atoms with Crippen LogP contribution in [0, 0.1) is 0 Å². The maximum Gasteiger partial charge on any atom is 0.306 e. The summed E-state index contributed by atoms with van der Waals surface area (Å²) in [6.45, 7) is -0.381. The Morgan fingerprint density at radius 2 is 2.07 bits per heavy atom. The lowest BCUT2D eigenvalue weighted by atomic mass is 10.1. The van der Waals surface area contributed by atoms with E-state index >= 15 is 0 Å². The molecule has 0 unspecified atom stereocenters. The second-order valence-corrected chi connectivity index (χ2v) is 6.75. The van der Waals surface area contributed by atoms with Crippen molar-refractivity contribution in [2.45, 2.75) is 12.8 Å². The van der Waals surface area contributed by atoms with Crippen LogP contribution in [-0.4, -0.2) is 37.7 Å². The smallest absolute Gasteiger partial charge is 0.306 e. The number of hydrogen-bond donors (Lipinski definition) is 1. The number of hydrogen-bond acceptors (Lipinski definition) is 8. The first-order chi connectivity index (χ1) is 14.1. The van der Waals surface area contributed by atoms with Crippen LogP contribution in [0.3, 0.4) is 0 Å². The van der Waals surface area contributed by atoms with E-state index < -0.39 is 11.9 Å². The van der Waals surface area contributed by atoms with Crippen LogP contribution in [0.5, 0.6) is 11.5 Å². The predicted molar refractivity (Wildman–Crippen MR) is 107 cm³/mol. The van der Waals surface area contributed by atoms with Crippen molar-refractivity contribution in [1.82, 2.24) is 4.98 Å². The molecule has 8 nitrogen and oxygen atoms in total. The molecular weight excluding hydrogens is 396 g/mol. The molecule has 1 amide bonds. The van der Waals surface area contributed by atoms with Crippen molar-refractivity contribution in [3.05, 3.63) is 47.7 Å². The third-order valence-electron chi connectivity index (χ3n) is 3.95. The summed E-state index contributed by atoms with van der Waals surface area (Å²) in [4.78, 5) is 28.2. The molecular formula is C20H20N2O6S. The number of benzene rings is 1. The van der Waals surface area contributed by atoms with Crippen LogP contribution in [0.2, 0.25) is 0 Å². The molecule has 2 heterocycles. The van der Waals surface area contributed by atoms with Crippen LogP contribution >= 0.6 is 11.3 Å². The van der Waals surface area contributed by atoms with Crippen LogP contribution in [-0.2, 0) is 20.7 Å². The lowest BCUT2D eigenvalue weighted by Crippen LogP contribution is -2.20. The van der Waals surface area contributed by atoms with Crippen LogP contribution in [0.1, 0.15) is 12.2 Å². The summed E-state index contributed by atoms with van der Waals surface area (Å²) >= 11 is 1.26. The Labute approximate surface area is 171 Å². The maximum atomic E-state index is 12.0. The van der Waals surface area contributed by atoms with E-state index in [1.807, 2.05) is 0 Å². The van der Waals surface area contributed by atoms with Crippen molar-refractivity contribution in [1.29, 1.82) is 0 Å². The summed E-state index contributed by atoms with van der Waals surface area (Å²) in [5.41, 5.74) is 1.38. The van der Waals surface area contributed by atoms with Gasteiger partial charge in [-0.2, -0.15) is 0 Å². The summed E-state index contributed by atoms with van der Waals surface area (Å²) in [7, 11) is 3.15. The Morgan fingerprint density at radius 3 is 2.79 bits per heavy atom. The largest absolute Gasteiger partial charge is 0.497 e. The van der Waals surface area contributed by atoms with E-state index in [2.05, 4.69) is 10.3 Å². The SMILES string of the molecule is COc1ccc(OC)c(-c2csc(NC(=O)COC(=O)CCc3ccco3)n2)c1. The molecule has 1 N–H and O–H groups in total. The number of nitrogens with zero attached hydrogens (tertiary/aromatic N) is 1. The van der Waals surface area contributed by atoms with Gasteiger partial charge in [0.1, 0.15) is 17.3 Å². The summed E-state index contributed by atoms with van der Waals surface area (Å²) in [5, 5.41) is 4.81. The molecule has 3 rings (SSSR count). The molecule has 0 aliphatic rings. The number of aryl methyl sites for hydroxylation is 1. The van der Waals surface area contributed by atoms with Gasteiger partial charge < -0.3 is 18.6 Å². The van der Waals surface area contributed by atoms with Gasteiger partial charge in [-0.15, -0.1) is 11.3 Å². The monoisotopic (exact) mass is 416 g/mol. The number of carbonyl (C=O) groups is 2. The number of methoxy groups -OCH3 is 2. The van der Waals surface area contributed by atoms with E-state index in [0.717, 1.165) is 5.56 Å². The molecule has 1 aromatic carbocycles. The number of carbonyl (C=O) groups excluding carboxylic acids is 2. The van der Waals surface area contributed by atoms with Crippen LogP contribution in [0.25, 0.3) is 11.3 Å². The molecule has 29 heavy (non-hydrogen) atoms. The Hall–Kier alpha value is -3.33. The fraction of sp³-hybridized carbons (Fsp3) is 0.250. The number of anilines is 1. The summed E-state index contributed by atoms with van der Waals surface area (Å²) in [5.74, 6) is 1.06. The third kappa shape index (κ3) is 5.58. The normalized spacial score (nSPS) is 10.4. The minimum atomic E-state index is -0.475. The predicted octanol–water partition coefficient (Wildman–Crippen LogP) is 3.53. The molecule has 9 heteroatoms. The minimum Gasteiger partial charge on any atom is -0.497 e. The van der Waals surface area contributed by atoms with Gasteiger partial charge in [0.25, 0.3) is 5.91 Å². The zero-order valence-corrected chi connectivity index (χ0v) is 16.8. The van der Waals surface area contributed by atoms with Gasteiger partial charge in [-0.05, 0) is 30.3 Å². The lowest BCUT2D eigenvalue weighted by molar-refractivity contribution is -0.147. The van der Waals surface area contributed by atoms with E-state index in [-0.39, 0.29) is 13.0 Å². The molecule has 0 fully saturated rings. The molecule has 0 aliphatic heterocycles.